The Balaban J connectivity index is 1.96. The van der Waals surface area contributed by atoms with Crippen molar-refractivity contribution in [1.82, 2.24) is 4.90 Å². The standard InChI is InChI=1S/C27H33F3INO/c1-18(2)4-13-25(21-5-9-23(10-6-21)27(28,29)30)32-15-14-20(16-19(3)33)17-26(32)22-7-11-24(31)12-8-22/h5-12,18,20,25-26,33H,3-4,13-17H2,1-2H3/t20-,25+,26-/m0/s1. The summed E-state index contributed by atoms with van der Waals surface area (Å²) < 4.78 is 40.6. The molecule has 6 heteroatoms. The second-order valence-electron chi connectivity index (χ2n) is 9.57. The van der Waals surface area contributed by atoms with Gasteiger partial charge in [-0.1, -0.05) is 44.7 Å². The molecule has 180 valence electrons. The lowest BCUT2D eigenvalue weighted by Gasteiger charge is -2.45. The smallest absolute Gasteiger partial charge is 0.416 e. The normalized spacial score (nSPS) is 20.7. The van der Waals surface area contributed by atoms with Crippen molar-refractivity contribution in [1.29, 1.82) is 0 Å². The molecule has 0 bridgehead atoms. The lowest BCUT2D eigenvalue weighted by molar-refractivity contribution is -0.137. The SMILES string of the molecule is C=C(O)C[C@@H]1CCN([C@H](CCC(C)C)c2ccc(C(F)(F)F)cc2)[C@H](c2ccc(I)cc2)C1. The Bertz CT molecular complexity index is 908. The maximum absolute atomic E-state index is 13.2. The Morgan fingerprint density at radius 1 is 1.09 bits per heavy atom. The number of rotatable bonds is 8. The molecule has 33 heavy (non-hydrogen) atoms. The van der Waals surface area contributed by atoms with Gasteiger partial charge in [-0.2, -0.15) is 13.2 Å². The van der Waals surface area contributed by atoms with Gasteiger partial charge in [-0.25, -0.2) is 0 Å². The van der Waals surface area contributed by atoms with E-state index >= 15 is 0 Å². The summed E-state index contributed by atoms with van der Waals surface area (Å²) in [6.45, 7) is 8.88. The number of benzene rings is 2. The molecule has 1 heterocycles. The Kier molecular flexibility index (Phi) is 8.89. The van der Waals surface area contributed by atoms with Gasteiger partial charge in [-0.15, -0.1) is 0 Å². The van der Waals surface area contributed by atoms with Crippen LogP contribution in [-0.2, 0) is 6.18 Å². The highest BCUT2D eigenvalue weighted by Gasteiger charge is 2.35. The van der Waals surface area contributed by atoms with Crippen molar-refractivity contribution in [3.8, 4) is 0 Å². The molecule has 1 fully saturated rings. The van der Waals surface area contributed by atoms with E-state index in [0.29, 0.717) is 18.3 Å². The van der Waals surface area contributed by atoms with E-state index in [4.69, 9.17) is 0 Å². The molecule has 2 aromatic rings. The second kappa shape index (κ2) is 11.3. The Labute approximate surface area is 209 Å². The maximum atomic E-state index is 13.2. The zero-order chi connectivity index (χ0) is 24.2. The summed E-state index contributed by atoms with van der Waals surface area (Å²) in [5, 5.41) is 9.79. The van der Waals surface area contributed by atoms with Crippen molar-refractivity contribution in [2.75, 3.05) is 6.54 Å². The Morgan fingerprint density at radius 2 is 1.73 bits per heavy atom. The average Bonchev–Trinajstić information content (AvgIpc) is 2.74. The van der Waals surface area contributed by atoms with Crippen molar-refractivity contribution in [3.63, 3.8) is 0 Å². The first-order chi connectivity index (χ1) is 15.5. The molecule has 0 aliphatic carbocycles. The quantitative estimate of drug-likeness (QED) is 0.253. The number of alkyl halides is 3. The van der Waals surface area contributed by atoms with Gasteiger partial charge in [0, 0.05) is 22.1 Å². The highest BCUT2D eigenvalue weighted by Crippen LogP contribution is 2.43. The fourth-order valence-corrected chi connectivity index (χ4v) is 5.23. The van der Waals surface area contributed by atoms with Crippen molar-refractivity contribution in [3.05, 3.63) is 81.1 Å². The van der Waals surface area contributed by atoms with Crippen molar-refractivity contribution >= 4 is 22.6 Å². The number of hydrogen-bond acceptors (Lipinski definition) is 2. The van der Waals surface area contributed by atoms with Crippen LogP contribution in [0.2, 0.25) is 0 Å². The van der Waals surface area contributed by atoms with Crippen LogP contribution in [0.4, 0.5) is 13.2 Å². The van der Waals surface area contributed by atoms with Crippen LogP contribution in [0.1, 0.15) is 74.7 Å². The monoisotopic (exact) mass is 571 g/mol. The Morgan fingerprint density at radius 3 is 2.27 bits per heavy atom. The van der Waals surface area contributed by atoms with Gasteiger partial charge < -0.3 is 5.11 Å². The van der Waals surface area contributed by atoms with Crippen LogP contribution in [0.25, 0.3) is 0 Å². The minimum absolute atomic E-state index is 0.0391. The van der Waals surface area contributed by atoms with E-state index in [1.807, 2.05) is 0 Å². The Hall–Kier alpha value is -1.54. The van der Waals surface area contributed by atoms with E-state index in [0.717, 1.165) is 41.4 Å². The van der Waals surface area contributed by atoms with Crippen molar-refractivity contribution < 1.29 is 18.3 Å². The zero-order valence-electron chi connectivity index (χ0n) is 19.3. The molecule has 0 unspecified atom stereocenters. The van der Waals surface area contributed by atoms with Gasteiger partial charge in [0.05, 0.1) is 11.3 Å². The lowest BCUT2D eigenvalue weighted by atomic mass is 9.82. The molecule has 2 aromatic carbocycles. The van der Waals surface area contributed by atoms with Crippen LogP contribution in [0.5, 0.6) is 0 Å². The van der Waals surface area contributed by atoms with Gasteiger partial charge in [0.25, 0.3) is 0 Å². The third-order valence-corrected chi connectivity index (χ3v) is 7.29. The molecular formula is C27H33F3INO. The minimum Gasteiger partial charge on any atom is -0.513 e. The summed E-state index contributed by atoms with van der Waals surface area (Å²) in [5.41, 5.74) is 1.54. The topological polar surface area (TPSA) is 23.5 Å². The summed E-state index contributed by atoms with van der Waals surface area (Å²) in [6, 6.07) is 14.4. The number of piperidine rings is 1. The summed E-state index contributed by atoms with van der Waals surface area (Å²) >= 11 is 2.30. The van der Waals surface area contributed by atoms with E-state index in [1.165, 1.54) is 17.7 Å². The van der Waals surface area contributed by atoms with Crippen molar-refractivity contribution in [2.45, 2.75) is 64.2 Å². The number of allylic oxidation sites excluding steroid dienone is 1. The van der Waals surface area contributed by atoms with Gasteiger partial charge in [0.15, 0.2) is 0 Å². The highest BCUT2D eigenvalue weighted by atomic mass is 127. The van der Waals surface area contributed by atoms with Crippen LogP contribution in [-0.4, -0.2) is 16.6 Å². The van der Waals surface area contributed by atoms with E-state index in [2.05, 4.69) is 72.2 Å². The fourth-order valence-electron chi connectivity index (χ4n) is 4.87. The predicted octanol–water partition coefficient (Wildman–Crippen LogP) is 8.70. The number of halogens is 4. The molecule has 1 saturated heterocycles. The average molecular weight is 571 g/mol. The first-order valence-corrected chi connectivity index (χ1v) is 12.7. The van der Waals surface area contributed by atoms with E-state index in [9.17, 15) is 18.3 Å². The number of nitrogens with zero attached hydrogens (tertiary/aromatic N) is 1. The molecule has 1 aliphatic heterocycles. The first-order valence-electron chi connectivity index (χ1n) is 11.6. The van der Waals surface area contributed by atoms with Crippen LogP contribution < -0.4 is 0 Å². The van der Waals surface area contributed by atoms with Crippen LogP contribution in [0.3, 0.4) is 0 Å². The van der Waals surface area contributed by atoms with Crippen LogP contribution in [0, 0.1) is 15.4 Å². The van der Waals surface area contributed by atoms with Gasteiger partial charge in [-0.05, 0) is 102 Å². The molecule has 0 amide bonds. The molecule has 3 rings (SSSR count). The molecular weight excluding hydrogens is 538 g/mol. The summed E-state index contributed by atoms with van der Waals surface area (Å²) in [4.78, 5) is 2.48. The predicted molar refractivity (Wildman–Crippen MR) is 136 cm³/mol. The minimum atomic E-state index is -4.33. The van der Waals surface area contributed by atoms with E-state index in [-0.39, 0.29) is 17.8 Å². The zero-order valence-corrected chi connectivity index (χ0v) is 21.4. The van der Waals surface area contributed by atoms with E-state index in [1.54, 1.807) is 12.1 Å². The van der Waals surface area contributed by atoms with Crippen LogP contribution >= 0.6 is 22.6 Å². The third kappa shape index (κ3) is 7.22. The fraction of sp³-hybridized carbons (Fsp3) is 0.481. The van der Waals surface area contributed by atoms with Crippen molar-refractivity contribution in [2.24, 2.45) is 11.8 Å². The number of aliphatic hydroxyl groups excluding tert-OH is 1. The second-order valence-corrected chi connectivity index (χ2v) is 10.8. The number of hydrogen-bond donors (Lipinski definition) is 1. The van der Waals surface area contributed by atoms with Gasteiger partial charge in [0.1, 0.15) is 0 Å². The number of aliphatic hydroxyl groups is 1. The molecule has 0 radical (unpaired) electrons. The molecule has 0 spiro atoms. The summed E-state index contributed by atoms with van der Waals surface area (Å²) in [7, 11) is 0. The lowest BCUT2D eigenvalue weighted by Crippen LogP contribution is -2.40. The number of likely N-dealkylation sites (tertiary alicyclic amines) is 1. The maximum Gasteiger partial charge on any atom is 0.416 e. The first kappa shape index (κ1) is 26.1. The third-order valence-electron chi connectivity index (χ3n) is 6.57. The molecule has 3 atom stereocenters. The summed E-state index contributed by atoms with van der Waals surface area (Å²) in [6.07, 6.45) is -0.0373. The van der Waals surface area contributed by atoms with E-state index < -0.39 is 11.7 Å². The molecule has 0 saturated carbocycles. The van der Waals surface area contributed by atoms with Gasteiger partial charge in [0.2, 0.25) is 0 Å². The summed E-state index contributed by atoms with van der Waals surface area (Å²) in [5.74, 6) is 1.06. The molecule has 1 aliphatic rings. The molecule has 1 N–H and O–H groups in total. The van der Waals surface area contributed by atoms with Gasteiger partial charge >= 0.3 is 6.18 Å². The van der Waals surface area contributed by atoms with Crippen LogP contribution in [0.15, 0.2) is 60.9 Å². The molecule has 2 nitrogen and oxygen atoms in total. The largest absolute Gasteiger partial charge is 0.513 e. The highest BCUT2D eigenvalue weighted by molar-refractivity contribution is 14.1. The molecule has 0 aromatic heterocycles. The van der Waals surface area contributed by atoms with Gasteiger partial charge in [-0.3, -0.25) is 4.90 Å².